The maximum atomic E-state index is 11.2. The molecule has 3 heteroatoms. The van der Waals surface area contributed by atoms with Crippen LogP contribution in [-0.2, 0) is 4.79 Å². The second-order valence-electron chi connectivity index (χ2n) is 4.60. The van der Waals surface area contributed by atoms with Crippen LogP contribution in [0.5, 0.6) is 0 Å². The van der Waals surface area contributed by atoms with Gasteiger partial charge in [-0.2, -0.15) is 0 Å². The van der Waals surface area contributed by atoms with Gasteiger partial charge in [-0.15, -0.1) is 0 Å². The van der Waals surface area contributed by atoms with Crippen molar-refractivity contribution in [2.24, 2.45) is 17.1 Å². The Hall–Kier alpha value is -0.570. The van der Waals surface area contributed by atoms with Crippen LogP contribution in [0.4, 0.5) is 0 Å². The summed E-state index contributed by atoms with van der Waals surface area (Å²) in [6.07, 6.45) is 5.79. The second kappa shape index (κ2) is 2.98. The summed E-state index contributed by atoms with van der Waals surface area (Å²) in [7, 11) is 0. The number of carboxylic acids is 1. The SMILES string of the molecule is NC1CC2CCCCC2(C(=O)O)C1. The molecule has 0 aromatic carbocycles. The molecule has 2 aliphatic rings. The number of rotatable bonds is 1. The summed E-state index contributed by atoms with van der Waals surface area (Å²) in [5, 5.41) is 9.26. The van der Waals surface area contributed by atoms with Crippen molar-refractivity contribution in [1.82, 2.24) is 0 Å². The van der Waals surface area contributed by atoms with Crippen LogP contribution in [0.1, 0.15) is 38.5 Å². The zero-order valence-corrected chi connectivity index (χ0v) is 7.83. The summed E-state index contributed by atoms with van der Waals surface area (Å²) in [6, 6.07) is 0.124. The second-order valence-corrected chi connectivity index (χ2v) is 4.60. The Kier molecular flexibility index (Phi) is 2.06. The highest BCUT2D eigenvalue weighted by atomic mass is 16.4. The monoisotopic (exact) mass is 183 g/mol. The first-order valence-corrected chi connectivity index (χ1v) is 5.14. The number of carboxylic acid groups (broad SMARTS) is 1. The lowest BCUT2D eigenvalue weighted by Crippen LogP contribution is -2.37. The van der Waals surface area contributed by atoms with Crippen LogP contribution in [0.25, 0.3) is 0 Å². The Labute approximate surface area is 78.3 Å². The lowest BCUT2D eigenvalue weighted by molar-refractivity contribution is -0.153. The first-order valence-electron chi connectivity index (χ1n) is 5.14. The Morgan fingerprint density at radius 1 is 1.46 bits per heavy atom. The van der Waals surface area contributed by atoms with Crippen LogP contribution in [-0.4, -0.2) is 17.1 Å². The number of hydrogen-bond donors (Lipinski definition) is 2. The highest BCUT2D eigenvalue weighted by Gasteiger charge is 2.52. The van der Waals surface area contributed by atoms with Crippen molar-refractivity contribution in [1.29, 1.82) is 0 Å². The highest BCUT2D eigenvalue weighted by molar-refractivity contribution is 5.75. The van der Waals surface area contributed by atoms with E-state index in [-0.39, 0.29) is 6.04 Å². The molecule has 2 saturated carbocycles. The third-order valence-corrected chi connectivity index (χ3v) is 3.85. The van der Waals surface area contributed by atoms with Crippen LogP contribution >= 0.6 is 0 Å². The molecule has 0 aliphatic heterocycles. The van der Waals surface area contributed by atoms with Crippen molar-refractivity contribution in [3.05, 3.63) is 0 Å². The zero-order valence-electron chi connectivity index (χ0n) is 7.83. The fourth-order valence-electron chi connectivity index (χ4n) is 3.21. The van der Waals surface area contributed by atoms with Gasteiger partial charge in [0.1, 0.15) is 0 Å². The molecule has 2 rings (SSSR count). The summed E-state index contributed by atoms with van der Waals surface area (Å²) in [6.45, 7) is 0. The molecule has 0 spiro atoms. The molecule has 0 radical (unpaired) electrons. The Morgan fingerprint density at radius 3 is 2.85 bits per heavy atom. The summed E-state index contributed by atoms with van der Waals surface area (Å²) >= 11 is 0. The van der Waals surface area contributed by atoms with Crippen molar-refractivity contribution in [2.75, 3.05) is 0 Å². The van der Waals surface area contributed by atoms with E-state index in [4.69, 9.17) is 5.73 Å². The van der Waals surface area contributed by atoms with Crippen LogP contribution in [0.3, 0.4) is 0 Å². The molecule has 0 aromatic rings. The van der Waals surface area contributed by atoms with Gasteiger partial charge in [-0.05, 0) is 31.6 Å². The summed E-state index contributed by atoms with van der Waals surface area (Å²) < 4.78 is 0. The first kappa shape index (κ1) is 9.00. The van der Waals surface area contributed by atoms with E-state index in [0.717, 1.165) is 25.7 Å². The Morgan fingerprint density at radius 2 is 2.23 bits per heavy atom. The van der Waals surface area contributed by atoms with E-state index in [1.54, 1.807) is 0 Å². The van der Waals surface area contributed by atoms with Crippen molar-refractivity contribution < 1.29 is 9.90 Å². The minimum Gasteiger partial charge on any atom is -0.481 e. The highest BCUT2D eigenvalue weighted by Crippen LogP contribution is 2.51. The van der Waals surface area contributed by atoms with E-state index < -0.39 is 11.4 Å². The average Bonchev–Trinajstić information content (AvgIpc) is 2.41. The standard InChI is InChI=1S/C10H17NO2/c11-8-5-7-3-1-2-4-10(7,6-8)9(12)13/h7-8H,1-6,11H2,(H,12,13). The maximum absolute atomic E-state index is 11.2. The van der Waals surface area contributed by atoms with Crippen LogP contribution in [0.2, 0.25) is 0 Å². The van der Waals surface area contributed by atoms with Gasteiger partial charge in [-0.25, -0.2) is 0 Å². The Bertz CT molecular complexity index is 229. The van der Waals surface area contributed by atoms with Crippen molar-refractivity contribution >= 4 is 5.97 Å². The van der Waals surface area contributed by atoms with E-state index >= 15 is 0 Å². The van der Waals surface area contributed by atoms with Crippen LogP contribution in [0, 0.1) is 11.3 Å². The van der Waals surface area contributed by atoms with Gasteiger partial charge in [0.15, 0.2) is 0 Å². The van der Waals surface area contributed by atoms with Crippen molar-refractivity contribution in [3.8, 4) is 0 Å². The van der Waals surface area contributed by atoms with E-state index in [2.05, 4.69) is 0 Å². The van der Waals surface area contributed by atoms with Crippen molar-refractivity contribution in [3.63, 3.8) is 0 Å². The number of aliphatic carboxylic acids is 1. The smallest absolute Gasteiger partial charge is 0.309 e. The molecule has 3 nitrogen and oxygen atoms in total. The molecule has 0 bridgehead atoms. The molecule has 0 saturated heterocycles. The van der Waals surface area contributed by atoms with Gasteiger partial charge in [0, 0.05) is 6.04 Å². The lowest BCUT2D eigenvalue weighted by atomic mass is 9.68. The fourth-order valence-corrected chi connectivity index (χ4v) is 3.21. The third kappa shape index (κ3) is 1.26. The topological polar surface area (TPSA) is 63.3 Å². The van der Waals surface area contributed by atoms with Crippen LogP contribution in [0.15, 0.2) is 0 Å². The molecule has 2 aliphatic carbocycles. The third-order valence-electron chi connectivity index (χ3n) is 3.85. The predicted molar refractivity (Wildman–Crippen MR) is 49.2 cm³/mol. The molecule has 3 N–H and O–H groups in total. The molecular formula is C10H17NO2. The average molecular weight is 183 g/mol. The van der Waals surface area contributed by atoms with E-state index in [1.165, 1.54) is 6.42 Å². The predicted octanol–water partition coefficient (Wildman–Crippen LogP) is 1.37. The molecule has 74 valence electrons. The van der Waals surface area contributed by atoms with Gasteiger partial charge in [-0.1, -0.05) is 12.8 Å². The van der Waals surface area contributed by atoms with Crippen LogP contribution < -0.4 is 5.73 Å². The molecule has 3 unspecified atom stereocenters. The normalized spacial score (nSPS) is 44.4. The van der Waals surface area contributed by atoms with E-state index in [9.17, 15) is 9.90 Å². The van der Waals surface area contributed by atoms with Gasteiger partial charge < -0.3 is 10.8 Å². The first-order chi connectivity index (χ1) is 6.15. The maximum Gasteiger partial charge on any atom is 0.309 e. The molecule has 13 heavy (non-hydrogen) atoms. The molecule has 0 aromatic heterocycles. The summed E-state index contributed by atoms with van der Waals surface area (Å²) in [5.74, 6) is -0.251. The van der Waals surface area contributed by atoms with Gasteiger partial charge in [-0.3, -0.25) is 4.79 Å². The van der Waals surface area contributed by atoms with Gasteiger partial charge >= 0.3 is 5.97 Å². The van der Waals surface area contributed by atoms with Gasteiger partial charge in [0.2, 0.25) is 0 Å². The zero-order chi connectivity index (χ0) is 9.47. The molecular weight excluding hydrogens is 166 g/mol. The minimum absolute atomic E-state index is 0.124. The van der Waals surface area contributed by atoms with Crippen molar-refractivity contribution in [2.45, 2.75) is 44.6 Å². The number of carbonyl (C=O) groups is 1. The Balaban J connectivity index is 2.24. The molecule has 2 fully saturated rings. The van der Waals surface area contributed by atoms with E-state index in [1.807, 2.05) is 0 Å². The molecule has 0 heterocycles. The van der Waals surface area contributed by atoms with E-state index in [0.29, 0.717) is 12.3 Å². The largest absolute Gasteiger partial charge is 0.481 e. The minimum atomic E-state index is -0.606. The summed E-state index contributed by atoms with van der Waals surface area (Å²) in [4.78, 5) is 11.2. The lowest BCUT2D eigenvalue weighted by Gasteiger charge is -2.35. The summed E-state index contributed by atoms with van der Waals surface area (Å²) in [5.41, 5.74) is 5.41. The molecule has 3 atom stereocenters. The number of fused-ring (bicyclic) bond motifs is 1. The number of nitrogens with two attached hydrogens (primary N) is 1. The molecule has 0 amide bonds. The van der Waals surface area contributed by atoms with Gasteiger partial charge in [0.25, 0.3) is 0 Å². The fraction of sp³-hybridized carbons (Fsp3) is 0.900. The quantitative estimate of drug-likeness (QED) is 0.645. The van der Waals surface area contributed by atoms with Gasteiger partial charge in [0.05, 0.1) is 5.41 Å². The number of hydrogen-bond acceptors (Lipinski definition) is 2.